The summed E-state index contributed by atoms with van der Waals surface area (Å²) in [7, 11) is 0. The summed E-state index contributed by atoms with van der Waals surface area (Å²) < 4.78 is 0. The second-order valence-electron chi connectivity index (χ2n) is 37.3. The number of nitrogens with zero attached hydrogens (tertiary/aromatic N) is 8. The first-order valence-electron chi connectivity index (χ1n) is 49.2. The lowest BCUT2D eigenvalue weighted by atomic mass is 9.95. The van der Waals surface area contributed by atoms with Crippen molar-refractivity contribution in [2.24, 2.45) is 0 Å². The van der Waals surface area contributed by atoms with Gasteiger partial charge in [0.15, 0.2) is 0 Å². The molecule has 8 aromatic carbocycles. The predicted molar refractivity (Wildman–Crippen MR) is 590 cm³/mol. The normalized spacial score (nSPS) is 13.8. The van der Waals surface area contributed by atoms with Gasteiger partial charge in [-0.3, -0.25) is 19.2 Å². The van der Waals surface area contributed by atoms with Crippen molar-refractivity contribution in [3.8, 4) is 44.5 Å². The largest absolute Gasteiger partial charge is 0.397 e. The second kappa shape index (κ2) is 45.8. The number of rotatable bonds is 24. The molecule has 4 amide bonds. The number of aryl methyl sites for hydroxylation is 7. The van der Waals surface area contributed by atoms with Crippen LogP contribution in [0, 0.1) is 48.5 Å². The van der Waals surface area contributed by atoms with E-state index in [0.717, 1.165) is 157 Å². The fourth-order valence-corrected chi connectivity index (χ4v) is 23.7. The SMILES string of the molecule is Cc1ccc(-c2cc(CCNC(=O)c3sc4nc(C)ccc4c3N)ccc2N2CCCCC2)cc1.Cc1ccc2c(N)c(C(=O)NCCc3ccc(N4CCCCC4)c(-c4ccccc4C)c3)sc2n1.Cc1ccc2c(N)c(C(=O)NCCc3ccc(N4CCCCC4)c(-c4ccccc4Cl)c3)sc2n1.Cc1cccc(-c2cc(CCNC(=O)c3sc4nc(C)ccc4c3N)ccc2N2CCCCC2)c1. The zero-order chi connectivity index (χ0) is 97.5. The van der Waals surface area contributed by atoms with E-state index in [0.29, 0.717) is 74.9 Å². The van der Waals surface area contributed by atoms with Crippen molar-refractivity contribution in [3.05, 3.63) is 305 Å². The summed E-state index contributed by atoms with van der Waals surface area (Å²) in [6.07, 6.45) is 18.1. The number of carbonyl (C=O) groups excluding carboxylic acids is 4. The fraction of sp³-hybridized carbons (Fsp3) is 0.304. The summed E-state index contributed by atoms with van der Waals surface area (Å²) in [5.41, 5.74) is 54.3. The summed E-state index contributed by atoms with van der Waals surface area (Å²) in [6.45, 7) is 25.2. The Morgan fingerprint density at radius 3 is 0.921 bits per heavy atom. The molecule has 25 heteroatoms. The molecule has 720 valence electrons. The number of nitrogens with two attached hydrogens (primary N) is 4. The number of nitrogens with one attached hydrogen (secondary N) is 4. The predicted octanol–water partition coefficient (Wildman–Crippen LogP) is 24.8. The number of piperidine rings is 4. The number of carbonyl (C=O) groups is 4. The first-order valence-corrected chi connectivity index (χ1v) is 52.9. The van der Waals surface area contributed by atoms with Gasteiger partial charge in [0.05, 0.1) is 22.7 Å². The molecule has 0 spiro atoms. The van der Waals surface area contributed by atoms with E-state index in [2.05, 4.69) is 233 Å². The number of nitrogen functional groups attached to an aromatic ring is 4. The van der Waals surface area contributed by atoms with E-state index >= 15 is 0 Å². The van der Waals surface area contributed by atoms with Crippen LogP contribution in [0.25, 0.3) is 85.4 Å². The highest BCUT2D eigenvalue weighted by atomic mass is 35.5. The van der Waals surface area contributed by atoms with Crippen LogP contribution < -0.4 is 63.8 Å². The molecule has 20 rings (SSSR count). The third-order valence-electron chi connectivity index (χ3n) is 26.9. The van der Waals surface area contributed by atoms with E-state index in [4.69, 9.17) is 34.5 Å². The highest BCUT2D eigenvalue weighted by Gasteiger charge is 2.27. The number of benzene rings is 8. The Hall–Kier alpha value is -13.2. The lowest BCUT2D eigenvalue weighted by Crippen LogP contribution is -2.30. The quantitative estimate of drug-likeness (QED) is 0.0279. The van der Waals surface area contributed by atoms with Gasteiger partial charge in [-0.2, -0.15) is 0 Å². The van der Waals surface area contributed by atoms with Crippen molar-refractivity contribution in [2.45, 2.75) is 151 Å². The molecule has 12 N–H and O–H groups in total. The third-order valence-corrected chi connectivity index (χ3v) is 31.7. The van der Waals surface area contributed by atoms with Crippen LogP contribution in [-0.2, 0) is 25.7 Å². The molecule has 0 radical (unpaired) electrons. The standard InChI is InChI=1S/3C29H32N4OS.C28H29ClN4OS/c1-19-8-4-5-9-22(19)24-18-21(11-13-25(24)33-16-6-3-7-17-33)14-15-31-28(34)27-26(30)23-12-10-20(2)32-29(23)35-27;1-19-6-10-22(11-7-19)24-18-21(9-13-25(24)33-16-4-3-5-17-33)14-15-31-28(34)27-26(30)23-12-8-20(2)32-29(23)35-27;1-19-7-6-8-22(17-19)24-18-21(10-12-25(24)33-15-4-3-5-16-33)13-14-31-28(34)27-26(30)23-11-9-20(2)32-29(23)35-27;1-18-9-11-21-25(30)26(35-28(21)32-18)27(34)31-14-13-19-10-12-24(33-15-5-2-6-16-33)22(17-19)20-7-3-4-8-23(20)29/h4-5,8-13,18H,3,6-7,14-17,30H2,1-2H3,(H,31,34);6-13,18H,3-5,14-17,30H2,1-2H3,(H,31,34);6-12,17-18H,3-5,13-16,30H2,1-2H3,(H,31,34);3-4,7-12,17H,2,5-6,13-16,30H2,1H3,(H,31,34). The molecule has 0 atom stereocenters. The number of aromatic nitrogens is 4. The van der Waals surface area contributed by atoms with E-state index in [1.165, 1.54) is 212 Å². The van der Waals surface area contributed by atoms with Crippen molar-refractivity contribution in [2.75, 3.05) is 121 Å². The smallest absolute Gasteiger partial charge is 0.263 e. The molecule has 0 saturated carbocycles. The van der Waals surface area contributed by atoms with E-state index in [9.17, 15) is 19.2 Å². The minimum Gasteiger partial charge on any atom is -0.397 e. The monoisotopic (exact) mass is 1960 g/mol. The number of hydrogen-bond acceptors (Lipinski definition) is 20. The lowest BCUT2D eigenvalue weighted by Gasteiger charge is -2.31. The molecule has 4 saturated heterocycles. The molecule has 140 heavy (non-hydrogen) atoms. The van der Waals surface area contributed by atoms with Crippen LogP contribution in [0.3, 0.4) is 0 Å². The number of amides is 4. The molecule has 0 aliphatic carbocycles. The van der Waals surface area contributed by atoms with Gasteiger partial charge in [-0.15, -0.1) is 45.3 Å². The average Bonchev–Trinajstić information content (AvgIpc) is 1.29. The van der Waals surface area contributed by atoms with E-state index in [1.54, 1.807) is 0 Å². The van der Waals surface area contributed by atoms with E-state index < -0.39 is 0 Å². The lowest BCUT2D eigenvalue weighted by molar-refractivity contribution is 0.0950. The summed E-state index contributed by atoms with van der Waals surface area (Å²) in [5, 5.41) is 16.4. The maximum atomic E-state index is 12.9. The van der Waals surface area contributed by atoms with Gasteiger partial charge in [-0.1, -0.05) is 138 Å². The maximum absolute atomic E-state index is 12.9. The first-order chi connectivity index (χ1) is 68.0. The minimum atomic E-state index is -0.153. The second-order valence-corrected chi connectivity index (χ2v) is 41.7. The van der Waals surface area contributed by atoms with Crippen LogP contribution >= 0.6 is 56.9 Å². The van der Waals surface area contributed by atoms with E-state index in [1.807, 2.05) is 94.4 Å². The average molecular weight is 1960 g/mol. The number of pyridine rings is 4. The number of anilines is 8. The van der Waals surface area contributed by atoms with E-state index in [-0.39, 0.29) is 23.6 Å². The number of hydrogen-bond donors (Lipinski definition) is 8. The first kappa shape index (κ1) is 98.4. The Morgan fingerprint density at radius 1 is 0.293 bits per heavy atom. The van der Waals surface area contributed by atoms with Gasteiger partial charge in [0.25, 0.3) is 23.6 Å². The Morgan fingerprint density at radius 2 is 0.593 bits per heavy atom. The van der Waals surface area contributed by atoms with Crippen molar-refractivity contribution >= 4 is 167 Å². The molecule has 8 aromatic heterocycles. The van der Waals surface area contributed by atoms with Gasteiger partial charge in [0, 0.05) is 178 Å². The van der Waals surface area contributed by atoms with Crippen LogP contribution in [-0.4, -0.2) is 122 Å². The molecule has 4 aliphatic rings. The van der Waals surface area contributed by atoms with Crippen LogP contribution in [0.4, 0.5) is 45.5 Å². The molecular weight excluding hydrogens is 1830 g/mol. The van der Waals surface area contributed by atoms with Gasteiger partial charge in [-0.25, -0.2) is 19.9 Å². The number of fused-ring (bicyclic) bond motifs is 4. The van der Waals surface area contributed by atoms with Crippen LogP contribution in [0.2, 0.25) is 5.02 Å². The highest BCUT2D eigenvalue weighted by Crippen LogP contribution is 2.44. The van der Waals surface area contributed by atoms with Gasteiger partial charge in [0.2, 0.25) is 0 Å². The zero-order valence-corrected chi connectivity index (χ0v) is 85.1. The maximum Gasteiger partial charge on any atom is 0.263 e. The Bertz CT molecular complexity index is 6950. The van der Waals surface area contributed by atoms with Crippen molar-refractivity contribution in [1.82, 2.24) is 41.2 Å². The van der Waals surface area contributed by atoms with Crippen molar-refractivity contribution in [3.63, 3.8) is 0 Å². The van der Waals surface area contributed by atoms with Crippen LogP contribution in [0.5, 0.6) is 0 Å². The molecule has 4 aliphatic heterocycles. The van der Waals surface area contributed by atoms with Gasteiger partial charge >= 0.3 is 0 Å². The molecular formula is C115H125ClN16O4S4. The molecule has 12 heterocycles. The summed E-state index contributed by atoms with van der Waals surface area (Å²) in [4.78, 5) is 85.0. The topological polar surface area (TPSA) is 285 Å². The van der Waals surface area contributed by atoms with Crippen LogP contribution in [0.1, 0.15) is 177 Å². The molecule has 0 unspecified atom stereocenters. The van der Waals surface area contributed by atoms with Gasteiger partial charge < -0.3 is 63.8 Å². The number of halogens is 1. The molecule has 4 fully saturated rings. The van der Waals surface area contributed by atoms with Crippen LogP contribution in [0.15, 0.2) is 218 Å². The minimum absolute atomic E-state index is 0.132. The number of thiophene rings is 4. The Kier molecular flexibility index (Phi) is 32.2. The molecule has 20 nitrogen and oxygen atoms in total. The summed E-state index contributed by atoms with van der Waals surface area (Å²) in [6, 6.07) is 76.4. The summed E-state index contributed by atoms with van der Waals surface area (Å²) in [5.74, 6) is -0.550. The summed E-state index contributed by atoms with van der Waals surface area (Å²) >= 11 is 12.0. The van der Waals surface area contributed by atoms with Gasteiger partial charge in [-0.05, 0) is 299 Å². The third kappa shape index (κ3) is 23.6. The zero-order valence-electron chi connectivity index (χ0n) is 81.1. The van der Waals surface area contributed by atoms with Gasteiger partial charge in [0.1, 0.15) is 38.8 Å². The van der Waals surface area contributed by atoms with Crippen molar-refractivity contribution in [1.29, 1.82) is 0 Å². The van der Waals surface area contributed by atoms with Crippen molar-refractivity contribution < 1.29 is 19.2 Å². The molecule has 0 bridgehead atoms. The Labute approximate surface area is 842 Å². The molecule has 16 aromatic rings. The fourth-order valence-electron chi connectivity index (χ4n) is 19.2. The Balaban J connectivity index is 0.000000129. The highest BCUT2D eigenvalue weighted by molar-refractivity contribution is 7.22.